The van der Waals surface area contributed by atoms with Gasteiger partial charge in [0.1, 0.15) is 11.5 Å². The van der Waals surface area contributed by atoms with E-state index in [0.717, 1.165) is 11.1 Å². The Kier molecular flexibility index (Phi) is 6.23. The summed E-state index contributed by atoms with van der Waals surface area (Å²) in [4.78, 5) is 13.2. The summed E-state index contributed by atoms with van der Waals surface area (Å²) in [7, 11) is -2.46. The highest BCUT2D eigenvalue weighted by Crippen LogP contribution is 2.38. The van der Waals surface area contributed by atoms with Crippen molar-refractivity contribution in [3.05, 3.63) is 76.8 Å². The number of ether oxygens (including phenoxy) is 2. The van der Waals surface area contributed by atoms with Crippen molar-refractivity contribution >= 4 is 38.9 Å². The van der Waals surface area contributed by atoms with Gasteiger partial charge in [0, 0.05) is 10.7 Å². The van der Waals surface area contributed by atoms with Crippen LogP contribution in [0.2, 0.25) is 5.02 Å². The Morgan fingerprint density at radius 2 is 1.82 bits per heavy atom. The average molecular weight is 487 g/mol. The van der Waals surface area contributed by atoms with E-state index in [4.69, 9.17) is 21.1 Å². The normalized spacial score (nSPS) is 15.4. The summed E-state index contributed by atoms with van der Waals surface area (Å²) < 4.78 is 39.4. The quantitative estimate of drug-likeness (QED) is 0.571. The van der Waals surface area contributed by atoms with Gasteiger partial charge in [-0.15, -0.1) is 0 Å². The zero-order chi connectivity index (χ0) is 23.8. The maximum atomic E-state index is 13.5. The number of halogens is 1. The molecule has 0 unspecified atom stereocenters. The van der Waals surface area contributed by atoms with Gasteiger partial charge in [-0.1, -0.05) is 17.7 Å². The highest BCUT2D eigenvalue weighted by molar-refractivity contribution is 7.92. The molecule has 0 bridgehead atoms. The van der Waals surface area contributed by atoms with Gasteiger partial charge in [0.15, 0.2) is 6.10 Å². The molecular formula is C24H23ClN2O5S. The molecule has 172 valence electrons. The van der Waals surface area contributed by atoms with Gasteiger partial charge >= 0.3 is 0 Å². The minimum absolute atomic E-state index is 0.0874. The standard InChI is InChI=1S/C24H23ClN2O5S/c1-15-4-11-21-22(12-15)32-23(24(28)26-20-10-5-17(25)13-16(20)2)14-27(21)33(29,30)19-8-6-18(31-3)7-9-19/h4-13,23H,14H2,1-3H3,(H,26,28)/t23-/m1/s1. The van der Waals surface area contributed by atoms with Crippen LogP contribution in [-0.4, -0.2) is 34.1 Å². The van der Waals surface area contributed by atoms with E-state index in [1.54, 1.807) is 48.5 Å². The molecule has 0 spiro atoms. The Morgan fingerprint density at radius 1 is 1.09 bits per heavy atom. The second kappa shape index (κ2) is 8.96. The van der Waals surface area contributed by atoms with Gasteiger partial charge in [-0.2, -0.15) is 0 Å². The van der Waals surface area contributed by atoms with Crippen molar-refractivity contribution in [2.75, 3.05) is 23.3 Å². The van der Waals surface area contributed by atoms with Gasteiger partial charge in [0.25, 0.3) is 15.9 Å². The molecule has 3 aromatic carbocycles. The number of nitrogens with zero attached hydrogens (tertiary/aromatic N) is 1. The van der Waals surface area contributed by atoms with Crippen molar-refractivity contribution < 1.29 is 22.7 Å². The van der Waals surface area contributed by atoms with Crippen LogP contribution in [0.3, 0.4) is 0 Å². The fourth-order valence-electron chi connectivity index (χ4n) is 3.58. The van der Waals surface area contributed by atoms with Crippen LogP contribution in [0.5, 0.6) is 11.5 Å². The van der Waals surface area contributed by atoms with Crippen molar-refractivity contribution in [1.29, 1.82) is 0 Å². The lowest BCUT2D eigenvalue weighted by molar-refractivity contribution is -0.122. The van der Waals surface area contributed by atoms with Crippen LogP contribution in [0.15, 0.2) is 65.6 Å². The van der Waals surface area contributed by atoms with Crippen molar-refractivity contribution in [3.8, 4) is 11.5 Å². The van der Waals surface area contributed by atoms with E-state index in [2.05, 4.69) is 5.32 Å². The second-order valence-electron chi connectivity index (χ2n) is 7.74. The number of fused-ring (bicyclic) bond motifs is 1. The fraction of sp³-hybridized carbons (Fsp3) is 0.208. The average Bonchev–Trinajstić information content (AvgIpc) is 2.79. The molecular weight excluding hydrogens is 464 g/mol. The molecule has 0 saturated heterocycles. The zero-order valence-corrected chi connectivity index (χ0v) is 19.9. The monoisotopic (exact) mass is 486 g/mol. The Morgan fingerprint density at radius 3 is 2.48 bits per heavy atom. The largest absolute Gasteiger partial charge is 0.497 e. The van der Waals surface area contributed by atoms with Crippen LogP contribution >= 0.6 is 11.6 Å². The van der Waals surface area contributed by atoms with Crippen LogP contribution in [0.25, 0.3) is 0 Å². The lowest BCUT2D eigenvalue weighted by Crippen LogP contribution is -2.48. The third-order valence-electron chi connectivity index (χ3n) is 5.37. The molecule has 0 fully saturated rings. The minimum Gasteiger partial charge on any atom is -0.497 e. The maximum Gasteiger partial charge on any atom is 0.267 e. The number of amides is 1. The number of nitrogens with one attached hydrogen (secondary N) is 1. The molecule has 7 nitrogen and oxygen atoms in total. The van der Waals surface area contributed by atoms with E-state index in [1.807, 2.05) is 13.8 Å². The summed E-state index contributed by atoms with van der Waals surface area (Å²) >= 11 is 6.00. The van der Waals surface area contributed by atoms with Crippen LogP contribution < -0.4 is 19.1 Å². The highest BCUT2D eigenvalue weighted by atomic mass is 35.5. The summed E-state index contributed by atoms with van der Waals surface area (Å²) in [6.07, 6.45) is -1.05. The van der Waals surface area contributed by atoms with Crippen molar-refractivity contribution in [3.63, 3.8) is 0 Å². The molecule has 33 heavy (non-hydrogen) atoms. The Hall–Kier alpha value is -3.23. The van der Waals surface area contributed by atoms with Gasteiger partial charge in [-0.25, -0.2) is 8.42 Å². The third-order valence-corrected chi connectivity index (χ3v) is 7.40. The molecule has 1 aliphatic heterocycles. The predicted molar refractivity (Wildman–Crippen MR) is 128 cm³/mol. The smallest absolute Gasteiger partial charge is 0.267 e. The summed E-state index contributed by atoms with van der Waals surface area (Å²) in [6, 6.07) is 16.4. The lowest BCUT2D eigenvalue weighted by atomic mass is 10.1. The number of carbonyl (C=O) groups excluding carboxylic acids is 1. The van der Waals surface area contributed by atoms with E-state index in [0.29, 0.717) is 27.9 Å². The van der Waals surface area contributed by atoms with Crippen LogP contribution in [0, 0.1) is 13.8 Å². The molecule has 1 amide bonds. The van der Waals surface area contributed by atoms with E-state index in [-0.39, 0.29) is 11.4 Å². The summed E-state index contributed by atoms with van der Waals surface area (Å²) in [5.74, 6) is 0.413. The lowest BCUT2D eigenvalue weighted by Gasteiger charge is -2.35. The van der Waals surface area contributed by atoms with Crippen LogP contribution in [0.4, 0.5) is 11.4 Å². The first kappa shape index (κ1) is 22.9. The number of hydrogen-bond donors (Lipinski definition) is 1. The first-order valence-corrected chi connectivity index (χ1v) is 12.0. The van der Waals surface area contributed by atoms with Gasteiger partial charge < -0.3 is 14.8 Å². The van der Waals surface area contributed by atoms with E-state index in [9.17, 15) is 13.2 Å². The van der Waals surface area contributed by atoms with Gasteiger partial charge in [0.05, 0.1) is 24.2 Å². The Labute approximate surface area is 197 Å². The molecule has 0 aromatic heterocycles. The topological polar surface area (TPSA) is 84.9 Å². The minimum atomic E-state index is -3.97. The number of aryl methyl sites for hydroxylation is 2. The fourth-order valence-corrected chi connectivity index (χ4v) is 5.28. The van der Waals surface area contributed by atoms with Crippen molar-refractivity contribution in [1.82, 2.24) is 0 Å². The van der Waals surface area contributed by atoms with E-state index in [1.165, 1.54) is 23.5 Å². The van der Waals surface area contributed by atoms with E-state index >= 15 is 0 Å². The Balaban J connectivity index is 1.69. The van der Waals surface area contributed by atoms with Gasteiger partial charge in [-0.3, -0.25) is 9.10 Å². The van der Waals surface area contributed by atoms with E-state index < -0.39 is 22.0 Å². The molecule has 0 aliphatic carbocycles. The first-order valence-electron chi connectivity index (χ1n) is 10.2. The zero-order valence-electron chi connectivity index (χ0n) is 18.3. The van der Waals surface area contributed by atoms with Gasteiger partial charge in [-0.05, 0) is 79.6 Å². The number of hydrogen-bond acceptors (Lipinski definition) is 5. The molecule has 1 N–H and O–H groups in total. The summed E-state index contributed by atoms with van der Waals surface area (Å²) in [6.45, 7) is 3.51. The SMILES string of the molecule is COc1ccc(S(=O)(=O)N2C[C@H](C(=O)Nc3ccc(Cl)cc3C)Oc3cc(C)ccc32)cc1. The number of anilines is 2. The predicted octanol–water partition coefficient (Wildman–Crippen LogP) is 4.56. The number of carbonyl (C=O) groups is 1. The molecule has 1 heterocycles. The molecule has 0 saturated carbocycles. The van der Waals surface area contributed by atoms with Crippen molar-refractivity contribution in [2.45, 2.75) is 24.8 Å². The van der Waals surface area contributed by atoms with Crippen LogP contribution in [-0.2, 0) is 14.8 Å². The molecule has 1 aliphatic rings. The third kappa shape index (κ3) is 4.62. The second-order valence-corrected chi connectivity index (χ2v) is 10.0. The number of sulfonamides is 1. The summed E-state index contributed by atoms with van der Waals surface area (Å²) in [5, 5.41) is 3.37. The number of methoxy groups -OCH3 is 1. The number of rotatable bonds is 5. The maximum absolute atomic E-state index is 13.5. The van der Waals surface area contributed by atoms with Crippen molar-refractivity contribution in [2.24, 2.45) is 0 Å². The first-order chi connectivity index (χ1) is 15.7. The molecule has 4 rings (SSSR count). The summed E-state index contributed by atoms with van der Waals surface area (Å²) in [5.41, 5.74) is 2.62. The number of benzene rings is 3. The molecule has 9 heteroatoms. The highest BCUT2D eigenvalue weighted by Gasteiger charge is 2.37. The molecule has 3 aromatic rings. The van der Waals surface area contributed by atoms with Crippen LogP contribution in [0.1, 0.15) is 11.1 Å². The molecule has 1 atom stereocenters. The molecule has 0 radical (unpaired) electrons. The van der Waals surface area contributed by atoms with Gasteiger partial charge in [0.2, 0.25) is 0 Å². The Bertz CT molecular complexity index is 1310.